The second-order valence-corrected chi connectivity index (χ2v) is 6.17. The molecule has 1 heterocycles. The van der Waals surface area contributed by atoms with Crippen molar-refractivity contribution in [3.05, 3.63) is 45.0 Å². The van der Waals surface area contributed by atoms with Crippen molar-refractivity contribution in [3.63, 3.8) is 0 Å². The molecule has 0 saturated heterocycles. The van der Waals surface area contributed by atoms with Gasteiger partial charge in [-0.2, -0.15) is 8.78 Å². The molecule has 0 aliphatic rings. The second kappa shape index (κ2) is 8.09. The highest BCUT2D eigenvalue weighted by molar-refractivity contribution is 9.10. The Bertz CT molecular complexity index is 769. The minimum Gasteiger partial charge on any atom is -0.326 e. The van der Waals surface area contributed by atoms with Gasteiger partial charge in [-0.1, -0.05) is 0 Å². The first-order valence-electron chi connectivity index (χ1n) is 7.05. The molecule has 1 aromatic carbocycles. The van der Waals surface area contributed by atoms with Crippen LogP contribution < -0.4 is 11.3 Å². The number of benzene rings is 1. The summed E-state index contributed by atoms with van der Waals surface area (Å²) >= 11 is 3.03. The fourth-order valence-corrected chi connectivity index (χ4v) is 2.66. The van der Waals surface area contributed by atoms with Crippen LogP contribution in [-0.4, -0.2) is 30.0 Å². The molecule has 0 saturated carbocycles. The summed E-state index contributed by atoms with van der Waals surface area (Å²) < 4.78 is 56.7. The monoisotopic (exact) mass is 410 g/mol. The first-order chi connectivity index (χ1) is 11.3. The van der Waals surface area contributed by atoms with Gasteiger partial charge in [0.2, 0.25) is 0 Å². The Morgan fingerprint density at radius 3 is 2.67 bits per heavy atom. The Kier molecular flexibility index (Phi) is 6.36. The smallest absolute Gasteiger partial charge is 0.326 e. The summed E-state index contributed by atoms with van der Waals surface area (Å²) in [6.07, 6.45) is -0.383. The van der Waals surface area contributed by atoms with Gasteiger partial charge in [0.25, 0.3) is 5.56 Å². The summed E-state index contributed by atoms with van der Waals surface area (Å²) in [5.41, 5.74) is 4.96. The Balaban J connectivity index is 2.11. The van der Waals surface area contributed by atoms with Gasteiger partial charge in [0.05, 0.1) is 23.0 Å². The number of alkyl halides is 3. The molecule has 0 spiro atoms. The number of nitrogens with two attached hydrogens (primary N) is 1. The number of rotatable bonds is 7. The van der Waals surface area contributed by atoms with E-state index in [0.29, 0.717) is 5.39 Å². The largest absolute Gasteiger partial charge is 0.345 e. The average molecular weight is 411 g/mol. The molecule has 0 bridgehead atoms. The first kappa shape index (κ1) is 18.9. The second-order valence-electron chi connectivity index (χ2n) is 5.31. The molecule has 132 valence electrons. The Morgan fingerprint density at radius 1 is 1.29 bits per heavy atom. The van der Waals surface area contributed by atoms with E-state index in [0.717, 1.165) is 10.6 Å². The van der Waals surface area contributed by atoms with Crippen LogP contribution in [0.2, 0.25) is 0 Å². The van der Waals surface area contributed by atoms with E-state index in [9.17, 15) is 22.4 Å². The maximum atomic E-state index is 14.0. The molecule has 1 aromatic heterocycles. The van der Waals surface area contributed by atoms with Gasteiger partial charge in [0.15, 0.2) is 0 Å². The van der Waals surface area contributed by atoms with Gasteiger partial charge >= 0.3 is 6.61 Å². The fraction of sp³-hybridized carbons (Fsp3) is 0.400. The summed E-state index contributed by atoms with van der Waals surface area (Å²) in [4.78, 5) is 12.3. The zero-order valence-electron chi connectivity index (χ0n) is 12.4. The molecule has 24 heavy (non-hydrogen) atoms. The quantitative estimate of drug-likeness (QED) is 0.713. The molecule has 0 radical (unpaired) electrons. The fourth-order valence-electron chi connectivity index (χ4n) is 2.30. The van der Waals surface area contributed by atoms with Crippen molar-refractivity contribution in [2.45, 2.75) is 31.8 Å². The molecule has 0 aliphatic carbocycles. The lowest BCUT2D eigenvalue weighted by molar-refractivity contribution is -0.133. The van der Waals surface area contributed by atoms with E-state index in [1.165, 1.54) is 12.3 Å². The molecule has 0 fully saturated rings. The standard InChI is InChI=1S/C15H15BrF4N2O2/c16-12-3-8-1-2-22(14(23)11(8)5-13(12)18)6-9(17)4-10(21)7-24-15(19)20/h1-3,5,9-10,15H,4,6-7,21H2. The van der Waals surface area contributed by atoms with Crippen molar-refractivity contribution in [2.24, 2.45) is 5.73 Å². The number of nitrogens with zero attached hydrogens (tertiary/aromatic N) is 1. The lowest BCUT2D eigenvalue weighted by Gasteiger charge is -2.16. The normalized spacial score (nSPS) is 14.3. The topological polar surface area (TPSA) is 57.2 Å². The maximum absolute atomic E-state index is 14.0. The molecule has 2 aromatic rings. The lowest BCUT2D eigenvalue weighted by atomic mass is 10.1. The van der Waals surface area contributed by atoms with E-state index < -0.39 is 36.8 Å². The molecule has 2 rings (SSSR count). The van der Waals surface area contributed by atoms with Crippen LogP contribution in [0.1, 0.15) is 6.42 Å². The van der Waals surface area contributed by atoms with Crippen LogP contribution in [0, 0.1) is 5.82 Å². The van der Waals surface area contributed by atoms with Gasteiger partial charge in [-0.05, 0) is 45.9 Å². The van der Waals surface area contributed by atoms with E-state index in [2.05, 4.69) is 20.7 Å². The van der Waals surface area contributed by atoms with Gasteiger partial charge < -0.3 is 15.0 Å². The highest BCUT2D eigenvalue weighted by Gasteiger charge is 2.16. The zero-order valence-corrected chi connectivity index (χ0v) is 14.0. The van der Waals surface area contributed by atoms with E-state index in [-0.39, 0.29) is 22.8 Å². The minimum absolute atomic E-state index is 0.121. The predicted octanol–water partition coefficient (Wildman–Crippen LogP) is 3.20. The van der Waals surface area contributed by atoms with Crippen molar-refractivity contribution in [2.75, 3.05) is 6.61 Å². The number of hydrogen-bond donors (Lipinski definition) is 1. The van der Waals surface area contributed by atoms with E-state index in [1.54, 1.807) is 6.07 Å². The SMILES string of the molecule is NC(COC(F)F)CC(F)Cn1ccc2cc(Br)c(F)cc2c1=O. The van der Waals surface area contributed by atoms with Crippen molar-refractivity contribution in [3.8, 4) is 0 Å². The molecular formula is C15H15BrF4N2O2. The third-order valence-electron chi connectivity index (χ3n) is 3.41. The van der Waals surface area contributed by atoms with Crippen LogP contribution in [0.15, 0.2) is 33.7 Å². The van der Waals surface area contributed by atoms with Crippen molar-refractivity contribution >= 4 is 26.7 Å². The van der Waals surface area contributed by atoms with Gasteiger partial charge in [-0.15, -0.1) is 0 Å². The Hall–Kier alpha value is -1.45. The van der Waals surface area contributed by atoms with Crippen LogP contribution in [0.5, 0.6) is 0 Å². The summed E-state index contributed by atoms with van der Waals surface area (Å²) in [6, 6.07) is 3.18. The third kappa shape index (κ3) is 4.78. The Morgan fingerprint density at radius 2 is 2.00 bits per heavy atom. The summed E-state index contributed by atoms with van der Waals surface area (Å²) in [5, 5.41) is 0.637. The van der Waals surface area contributed by atoms with Gasteiger partial charge in [-0.25, -0.2) is 8.78 Å². The molecule has 0 aliphatic heterocycles. The van der Waals surface area contributed by atoms with Crippen molar-refractivity contribution in [1.29, 1.82) is 0 Å². The summed E-state index contributed by atoms with van der Waals surface area (Å²) in [7, 11) is 0. The van der Waals surface area contributed by atoms with Crippen LogP contribution in [0.25, 0.3) is 10.8 Å². The predicted molar refractivity (Wildman–Crippen MR) is 85.3 cm³/mol. The lowest BCUT2D eigenvalue weighted by Crippen LogP contribution is -2.33. The van der Waals surface area contributed by atoms with Crippen LogP contribution >= 0.6 is 15.9 Å². The van der Waals surface area contributed by atoms with Crippen LogP contribution in [-0.2, 0) is 11.3 Å². The number of pyridine rings is 1. The van der Waals surface area contributed by atoms with Crippen LogP contribution in [0.4, 0.5) is 17.6 Å². The number of aromatic nitrogens is 1. The molecule has 2 N–H and O–H groups in total. The Labute approximate surface area is 143 Å². The minimum atomic E-state index is -2.97. The van der Waals surface area contributed by atoms with E-state index in [1.807, 2.05) is 0 Å². The van der Waals surface area contributed by atoms with Crippen molar-refractivity contribution < 1.29 is 22.3 Å². The molecule has 4 nitrogen and oxygen atoms in total. The number of fused-ring (bicyclic) bond motifs is 1. The number of ether oxygens (including phenoxy) is 1. The maximum Gasteiger partial charge on any atom is 0.345 e. The first-order valence-corrected chi connectivity index (χ1v) is 7.85. The van der Waals surface area contributed by atoms with Gasteiger partial charge in [0, 0.05) is 12.2 Å². The average Bonchev–Trinajstić information content (AvgIpc) is 2.50. The summed E-state index contributed by atoms with van der Waals surface area (Å²) in [6.45, 7) is -3.76. The zero-order chi connectivity index (χ0) is 17.9. The van der Waals surface area contributed by atoms with Crippen molar-refractivity contribution in [1.82, 2.24) is 4.57 Å². The number of halogens is 5. The van der Waals surface area contributed by atoms with Gasteiger partial charge in [0.1, 0.15) is 12.0 Å². The molecule has 0 amide bonds. The molecule has 2 atom stereocenters. The van der Waals surface area contributed by atoms with E-state index in [4.69, 9.17) is 5.73 Å². The third-order valence-corrected chi connectivity index (χ3v) is 4.02. The number of hydrogen-bond acceptors (Lipinski definition) is 3. The van der Waals surface area contributed by atoms with Gasteiger partial charge in [-0.3, -0.25) is 4.79 Å². The van der Waals surface area contributed by atoms with E-state index >= 15 is 0 Å². The highest BCUT2D eigenvalue weighted by atomic mass is 79.9. The van der Waals surface area contributed by atoms with Crippen LogP contribution in [0.3, 0.4) is 0 Å². The molecule has 9 heteroatoms. The molecular weight excluding hydrogens is 396 g/mol. The highest BCUT2D eigenvalue weighted by Crippen LogP contribution is 2.21. The molecule has 2 unspecified atom stereocenters. The summed E-state index contributed by atoms with van der Waals surface area (Å²) in [5.74, 6) is -0.597.